The van der Waals surface area contributed by atoms with Crippen molar-refractivity contribution >= 4 is 33.7 Å². The molecule has 0 saturated heterocycles. The van der Waals surface area contributed by atoms with Crippen LogP contribution in [0.1, 0.15) is 0 Å². The highest BCUT2D eigenvalue weighted by Gasteiger charge is 2.08. The lowest BCUT2D eigenvalue weighted by Crippen LogP contribution is -1.86. The highest BCUT2D eigenvalue weighted by Crippen LogP contribution is 2.24. The van der Waals surface area contributed by atoms with Crippen LogP contribution in [0.15, 0.2) is 24.7 Å². The first-order chi connectivity index (χ1) is 6.86. The van der Waals surface area contributed by atoms with Gasteiger partial charge in [0.1, 0.15) is 11.0 Å². The van der Waals surface area contributed by atoms with Crippen LogP contribution in [0.4, 0.5) is 0 Å². The van der Waals surface area contributed by atoms with Crippen LogP contribution in [-0.2, 0) is 0 Å². The van der Waals surface area contributed by atoms with E-state index in [1.54, 1.807) is 12.5 Å². The van der Waals surface area contributed by atoms with Gasteiger partial charge < -0.3 is 4.98 Å². The molecule has 0 aliphatic carbocycles. The molecule has 3 heterocycles. The summed E-state index contributed by atoms with van der Waals surface area (Å²) in [5, 5.41) is 1.32. The molecule has 0 aromatic carbocycles. The van der Waals surface area contributed by atoms with Crippen LogP contribution in [0.3, 0.4) is 0 Å². The Bertz CT molecular complexity index is 616. The van der Waals surface area contributed by atoms with Crippen molar-refractivity contribution in [3.8, 4) is 0 Å². The summed E-state index contributed by atoms with van der Waals surface area (Å²) in [5.74, 6) is 0. The van der Waals surface area contributed by atoms with Crippen molar-refractivity contribution in [3.05, 3.63) is 29.8 Å². The zero-order valence-corrected chi connectivity index (χ0v) is 7.78. The van der Waals surface area contributed by atoms with Gasteiger partial charge in [0.15, 0.2) is 10.8 Å². The first kappa shape index (κ1) is 7.70. The van der Waals surface area contributed by atoms with Gasteiger partial charge in [-0.1, -0.05) is 11.6 Å². The summed E-state index contributed by atoms with van der Waals surface area (Å²) in [4.78, 5) is 15.4. The Morgan fingerprint density at radius 2 is 2.21 bits per heavy atom. The molecule has 5 heteroatoms. The van der Waals surface area contributed by atoms with E-state index in [9.17, 15) is 0 Å². The molecule has 3 rings (SSSR count). The molecule has 68 valence electrons. The number of imidazole rings is 1. The Balaban J connectivity index is 2.66. The number of nitrogens with zero attached hydrogens (tertiary/aromatic N) is 3. The minimum Gasteiger partial charge on any atom is -0.342 e. The van der Waals surface area contributed by atoms with E-state index in [1.807, 2.05) is 12.1 Å². The van der Waals surface area contributed by atoms with E-state index < -0.39 is 0 Å². The molecule has 0 bridgehead atoms. The number of rotatable bonds is 0. The number of aromatic nitrogens is 4. The van der Waals surface area contributed by atoms with E-state index in [0.29, 0.717) is 10.8 Å². The standard InChI is InChI=1S/C9H5ClN4/c10-8-7-6(12-4-13-7)5-2-1-3-11-9(5)14-8/h1-4H,(H,12,13). The number of H-pyrrole nitrogens is 1. The van der Waals surface area contributed by atoms with Crippen molar-refractivity contribution in [2.45, 2.75) is 0 Å². The molecule has 0 aliphatic heterocycles. The largest absolute Gasteiger partial charge is 0.342 e. The average Bonchev–Trinajstić information content (AvgIpc) is 2.67. The van der Waals surface area contributed by atoms with Gasteiger partial charge >= 0.3 is 0 Å². The van der Waals surface area contributed by atoms with Crippen LogP contribution >= 0.6 is 11.6 Å². The van der Waals surface area contributed by atoms with Crippen molar-refractivity contribution in [3.63, 3.8) is 0 Å². The molecule has 4 nitrogen and oxygen atoms in total. The topological polar surface area (TPSA) is 54.5 Å². The first-order valence-electron chi connectivity index (χ1n) is 4.09. The third kappa shape index (κ3) is 0.914. The zero-order chi connectivity index (χ0) is 9.54. The molecule has 0 unspecified atom stereocenters. The Morgan fingerprint density at radius 1 is 1.29 bits per heavy atom. The zero-order valence-electron chi connectivity index (χ0n) is 7.03. The fraction of sp³-hybridized carbons (Fsp3) is 0. The molecule has 0 radical (unpaired) electrons. The van der Waals surface area contributed by atoms with E-state index in [1.165, 1.54) is 0 Å². The second-order valence-electron chi connectivity index (χ2n) is 2.90. The lowest BCUT2D eigenvalue weighted by Gasteiger charge is -1.97. The van der Waals surface area contributed by atoms with Crippen molar-refractivity contribution in [1.29, 1.82) is 0 Å². The van der Waals surface area contributed by atoms with E-state index >= 15 is 0 Å². The Morgan fingerprint density at radius 3 is 3.14 bits per heavy atom. The summed E-state index contributed by atoms with van der Waals surface area (Å²) in [6, 6.07) is 3.78. The van der Waals surface area contributed by atoms with Gasteiger partial charge in [-0.05, 0) is 12.1 Å². The molecule has 14 heavy (non-hydrogen) atoms. The molecule has 0 aliphatic rings. The lowest BCUT2D eigenvalue weighted by atomic mass is 10.2. The van der Waals surface area contributed by atoms with Crippen molar-refractivity contribution in [2.75, 3.05) is 0 Å². The number of hydrogen-bond acceptors (Lipinski definition) is 3. The quantitative estimate of drug-likeness (QED) is 0.571. The molecule has 3 aromatic heterocycles. The van der Waals surface area contributed by atoms with Crippen LogP contribution in [0, 0.1) is 0 Å². The average molecular weight is 205 g/mol. The summed E-state index contributed by atoms with van der Waals surface area (Å²) < 4.78 is 0. The van der Waals surface area contributed by atoms with Crippen molar-refractivity contribution in [1.82, 2.24) is 19.9 Å². The highest BCUT2D eigenvalue weighted by molar-refractivity contribution is 6.34. The highest BCUT2D eigenvalue weighted by atomic mass is 35.5. The Kier molecular flexibility index (Phi) is 1.46. The van der Waals surface area contributed by atoms with Crippen molar-refractivity contribution in [2.24, 2.45) is 0 Å². The number of fused-ring (bicyclic) bond motifs is 3. The summed E-state index contributed by atoms with van der Waals surface area (Å²) >= 11 is 5.96. The van der Waals surface area contributed by atoms with Gasteiger partial charge in [-0.25, -0.2) is 15.0 Å². The number of aromatic amines is 1. The van der Waals surface area contributed by atoms with Crippen LogP contribution in [0.2, 0.25) is 5.15 Å². The van der Waals surface area contributed by atoms with Gasteiger partial charge in [-0.3, -0.25) is 0 Å². The van der Waals surface area contributed by atoms with Gasteiger partial charge in [0.05, 0.1) is 6.33 Å². The van der Waals surface area contributed by atoms with Crippen LogP contribution in [0.25, 0.3) is 22.1 Å². The predicted octanol–water partition coefficient (Wildman–Crippen LogP) is 2.16. The van der Waals surface area contributed by atoms with Gasteiger partial charge in [0, 0.05) is 11.6 Å². The Labute approximate surface area is 84.0 Å². The summed E-state index contributed by atoms with van der Waals surface area (Å²) in [7, 11) is 0. The predicted molar refractivity (Wildman–Crippen MR) is 54.2 cm³/mol. The molecule has 1 N–H and O–H groups in total. The third-order valence-electron chi connectivity index (χ3n) is 2.09. The third-order valence-corrected chi connectivity index (χ3v) is 2.36. The minimum absolute atomic E-state index is 0.406. The van der Waals surface area contributed by atoms with E-state index in [-0.39, 0.29) is 0 Å². The number of nitrogens with one attached hydrogen (secondary N) is 1. The monoisotopic (exact) mass is 204 g/mol. The lowest BCUT2D eigenvalue weighted by molar-refractivity contribution is 1.29. The fourth-order valence-electron chi connectivity index (χ4n) is 1.48. The second kappa shape index (κ2) is 2.65. The van der Waals surface area contributed by atoms with Crippen LogP contribution in [-0.4, -0.2) is 19.9 Å². The molecule has 0 saturated carbocycles. The van der Waals surface area contributed by atoms with E-state index in [0.717, 1.165) is 16.4 Å². The molecular weight excluding hydrogens is 200 g/mol. The maximum Gasteiger partial charge on any atom is 0.163 e. The molecule has 0 fully saturated rings. The number of halogens is 1. The summed E-state index contributed by atoms with van der Waals surface area (Å²) in [6.07, 6.45) is 3.29. The molecule has 0 spiro atoms. The SMILES string of the molecule is Clc1nc2ncccc2c2nc[nH]c12. The second-order valence-corrected chi connectivity index (χ2v) is 3.26. The van der Waals surface area contributed by atoms with Gasteiger partial charge in [-0.2, -0.15) is 0 Å². The van der Waals surface area contributed by atoms with Crippen LogP contribution < -0.4 is 0 Å². The maximum atomic E-state index is 5.96. The van der Waals surface area contributed by atoms with Crippen LogP contribution in [0.5, 0.6) is 0 Å². The van der Waals surface area contributed by atoms with Gasteiger partial charge in [0.2, 0.25) is 0 Å². The molecular formula is C9H5ClN4. The van der Waals surface area contributed by atoms with Crippen molar-refractivity contribution < 1.29 is 0 Å². The number of pyridine rings is 2. The van der Waals surface area contributed by atoms with E-state index in [4.69, 9.17) is 11.6 Å². The summed E-state index contributed by atoms with van der Waals surface area (Å²) in [6.45, 7) is 0. The smallest absolute Gasteiger partial charge is 0.163 e. The fourth-order valence-corrected chi connectivity index (χ4v) is 1.70. The normalized spacial score (nSPS) is 11.2. The van der Waals surface area contributed by atoms with Gasteiger partial charge in [0.25, 0.3) is 0 Å². The molecule has 0 amide bonds. The Hall–Kier alpha value is -1.68. The minimum atomic E-state index is 0.406. The first-order valence-corrected chi connectivity index (χ1v) is 4.47. The maximum absolute atomic E-state index is 5.96. The number of hydrogen-bond donors (Lipinski definition) is 1. The molecule has 0 atom stereocenters. The summed E-state index contributed by atoms with van der Waals surface area (Å²) in [5.41, 5.74) is 2.19. The van der Waals surface area contributed by atoms with E-state index in [2.05, 4.69) is 19.9 Å². The molecule has 3 aromatic rings. The van der Waals surface area contributed by atoms with Gasteiger partial charge in [-0.15, -0.1) is 0 Å².